The third-order valence-electron chi connectivity index (χ3n) is 2.68. The lowest BCUT2D eigenvalue weighted by Gasteiger charge is -2.15. The molecule has 1 rings (SSSR count). The second-order valence-electron chi connectivity index (χ2n) is 4.15. The molecule has 1 unspecified atom stereocenters. The van der Waals surface area contributed by atoms with Crippen LogP contribution in [0, 0.1) is 28.8 Å². The molecule has 2 N–H and O–H groups in total. The van der Waals surface area contributed by atoms with Crippen LogP contribution in [-0.4, -0.2) is 25.5 Å². The number of hydrogen-bond acceptors (Lipinski definition) is 2. The van der Waals surface area contributed by atoms with Gasteiger partial charge in [0.15, 0.2) is 30.0 Å². The lowest BCUT2D eigenvalue weighted by Crippen LogP contribution is -3.13. The molecular weight excluding hydrogens is 259 g/mol. The van der Waals surface area contributed by atoms with Gasteiger partial charge in [-0.1, -0.05) is 0 Å². The summed E-state index contributed by atoms with van der Waals surface area (Å²) in [6.07, 6.45) is 0. The normalized spacial score (nSPS) is 13.5. The zero-order chi connectivity index (χ0) is 14.6. The van der Waals surface area contributed by atoms with Crippen LogP contribution in [0.15, 0.2) is 12.1 Å². The van der Waals surface area contributed by atoms with E-state index in [2.05, 4.69) is 5.32 Å². The van der Waals surface area contributed by atoms with E-state index in [0.29, 0.717) is 4.90 Å². The lowest BCUT2D eigenvalue weighted by atomic mass is 10.2. The minimum atomic E-state index is -1.64. The molecule has 102 valence electrons. The molecule has 7 heteroatoms. The molecule has 0 bridgehead atoms. The standard InChI is InChI=1S/C12H12F3N3O/c1-7(5-16)18(2)6-10(19)17-9-4-3-8(13)11(14)12(9)15/h3-4,7H,6H2,1-2H3,(H,17,19)/p+1/t7-/m0/s1. The Morgan fingerprint density at radius 2 is 2.05 bits per heavy atom. The maximum Gasteiger partial charge on any atom is 0.279 e. The predicted octanol–water partition coefficient (Wildman–Crippen LogP) is 0.469. The smallest absolute Gasteiger partial charge is 0.279 e. The molecule has 4 nitrogen and oxygen atoms in total. The molecule has 0 aliphatic carbocycles. The number of quaternary nitrogens is 1. The van der Waals surface area contributed by atoms with Crippen molar-refractivity contribution >= 4 is 11.6 Å². The number of nitrogens with zero attached hydrogens (tertiary/aromatic N) is 1. The van der Waals surface area contributed by atoms with Gasteiger partial charge in [0.25, 0.3) is 5.91 Å². The highest BCUT2D eigenvalue weighted by molar-refractivity contribution is 5.91. The van der Waals surface area contributed by atoms with Crippen LogP contribution >= 0.6 is 0 Å². The number of rotatable bonds is 4. The molecule has 2 atom stereocenters. The first-order chi connectivity index (χ1) is 8.86. The van der Waals surface area contributed by atoms with Crippen molar-refractivity contribution in [3.63, 3.8) is 0 Å². The van der Waals surface area contributed by atoms with Crippen LogP contribution in [0.25, 0.3) is 0 Å². The Morgan fingerprint density at radius 3 is 2.63 bits per heavy atom. The summed E-state index contributed by atoms with van der Waals surface area (Å²) < 4.78 is 38.9. The van der Waals surface area contributed by atoms with Crippen molar-refractivity contribution in [2.24, 2.45) is 0 Å². The first-order valence-electron chi connectivity index (χ1n) is 5.52. The Kier molecular flexibility index (Phi) is 4.89. The van der Waals surface area contributed by atoms with E-state index in [1.807, 2.05) is 6.07 Å². The van der Waals surface area contributed by atoms with Gasteiger partial charge in [0.2, 0.25) is 0 Å². The van der Waals surface area contributed by atoms with Crippen molar-refractivity contribution in [1.82, 2.24) is 0 Å². The first kappa shape index (κ1) is 15.0. The number of nitrogens with one attached hydrogen (secondary N) is 2. The van der Waals surface area contributed by atoms with Gasteiger partial charge in [-0.15, -0.1) is 0 Å². The van der Waals surface area contributed by atoms with Crippen molar-refractivity contribution in [2.45, 2.75) is 13.0 Å². The molecule has 0 spiro atoms. The van der Waals surface area contributed by atoms with Gasteiger partial charge in [0.1, 0.15) is 6.07 Å². The number of likely N-dealkylation sites (N-methyl/N-ethyl adjacent to an activating group) is 1. The fourth-order valence-corrected chi connectivity index (χ4v) is 1.33. The fourth-order valence-electron chi connectivity index (χ4n) is 1.33. The first-order valence-corrected chi connectivity index (χ1v) is 5.52. The van der Waals surface area contributed by atoms with E-state index >= 15 is 0 Å². The van der Waals surface area contributed by atoms with E-state index in [4.69, 9.17) is 5.26 Å². The molecule has 0 aliphatic rings. The predicted molar refractivity (Wildman–Crippen MR) is 61.8 cm³/mol. The zero-order valence-corrected chi connectivity index (χ0v) is 10.4. The molecule has 1 aromatic carbocycles. The fraction of sp³-hybridized carbons (Fsp3) is 0.333. The SMILES string of the molecule is C[C@@H](C#N)[NH+](C)CC(=O)Nc1ccc(F)c(F)c1F. The zero-order valence-electron chi connectivity index (χ0n) is 10.4. The number of carbonyl (C=O) groups is 1. The van der Waals surface area contributed by atoms with E-state index in [1.165, 1.54) is 0 Å². The average molecular weight is 272 g/mol. The molecule has 1 amide bonds. The summed E-state index contributed by atoms with van der Waals surface area (Å²) in [6.45, 7) is 1.54. The van der Waals surface area contributed by atoms with Gasteiger partial charge in [-0.2, -0.15) is 5.26 Å². The van der Waals surface area contributed by atoms with Gasteiger partial charge in [0, 0.05) is 6.92 Å². The lowest BCUT2D eigenvalue weighted by molar-refractivity contribution is -0.886. The quantitative estimate of drug-likeness (QED) is 0.783. The summed E-state index contributed by atoms with van der Waals surface area (Å²) >= 11 is 0. The van der Waals surface area contributed by atoms with Crippen molar-refractivity contribution < 1.29 is 22.9 Å². The highest BCUT2D eigenvalue weighted by atomic mass is 19.2. The molecule has 0 aliphatic heterocycles. The molecule has 19 heavy (non-hydrogen) atoms. The van der Waals surface area contributed by atoms with Crippen molar-refractivity contribution in [2.75, 3.05) is 18.9 Å². The van der Waals surface area contributed by atoms with Crippen molar-refractivity contribution in [3.05, 3.63) is 29.6 Å². The van der Waals surface area contributed by atoms with Crippen LogP contribution < -0.4 is 10.2 Å². The maximum absolute atomic E-state index is 13.3. The van der Waals surface area contributed by atoms with Crippen molar-refractivity contribution in [3.8, 4) is 6.07 Å². The van der Waals surface area contributed by atoms with Crippen LogP contribution in [0.3, 0.4) is 0 Å². The summed E-state index contributed by atoms with van der Waals surface area (Å²) in [7, 11) is 1.62. The number of anilines is 1. The second-order valence-corrected chi connectivity index (χ2v) is 4.15. The van der Waals surface area contributed by atoms with Crippen LogP contribution in [0.5, 0.6) is 0 Å². The largest absolute Gasteiger partial charge is 0.319 e. The third-order valence-corrected chi connectivity index (χ3v) is 2.68. The summed E-state index contributed by atoms with van der Waals surface area (Å²) in [5.74, 6) is -5.00. The van der Waals surface area contributed by atoms with Gasteiger partial charge in [-0.05, 0) is 12.1 Å². The Labute approximate surface area is 108 Å². The Balaban J connectivity index is 2.74. The van der Waals surface area contributed by atoms with Gasteiger partial charge >= 0.3 is 0 Å². The minimum absolute atomic E-state index is 0.0901. The maximum atomic E-state index is 13.3. The van der Waals surface area contributed by atoms with Gasteiger partial charge < -0.3 is 10.2 Å². The minimum Gasteiger partial charge on any atom is -0.319 e. The average Bonchev–Trinajstić information content (AvgIpc) is 2.38. The summed E-state index contributed by atoms with van der Waals surface area (Å²) in [5, 5.41) is 10.8. The molecule has 0 fully saturated rings. The number of benzene rings is 1. The summed E-state index contributed by atoms with van der Waals surface area (Å²) in [6, 6.07) is 3.21. The van der Waals surface area contributed by atoms with E-state index in [-0.39, 0.29) is 6.54 Å². The van der Waals surface area contributed by atoms with Crippen LogP contribution in [0.1, 0.15) is 6.92 Å². The Bertz CT molecular complexity index is 528. The number of hydrogen-bond donors (Lipinski definition) is 2. The van der Waals surface area contributed by atoms with Gasteiger partial charge in [0.05, 0.1) is 12.7 Å². The van der Waals surface area contributed by atoms with Crippen LogP contribution in [0.2, 0.25) is 0 Å². The molecule has 0 saturated carbocycles. The summed E-state index contributed by atoms with van der Waals surface area (Å²) in [4.78, 5) is 12.2. The van der Waals surface area contributed by atoms with Gasteiger partial charge in [-0.3, -0.25) is 4.79 Å². The molecule has 0 heterocycles. The molecule has 0 aromatic heterocycles. The van der Waals surface area contributed by atoms with E-state index in [9.17, 15) is 18.0 Å². The highest BCUT2D eigenvalue weighted by Gasteiger charge is 2.19. The third kappa shape index (κ3) is 3.69. The topological polar surface area (TPSA) is 57.3 Å². The van der Waals surface area contributed by atoms with E-state index < -0.39 is 35.1 Å². The van der Waals surface area contributed by atoms with Crippen molar-refractivity contribution in [1.29, 1.82) is 5.26 Å². The molecular formula is C12H13F3N3O+. The second kappa shape index (κ2) is 6.20. The van der Waals surface area contributed by atoms with E-state index in [0.717, 1.165) is 12.1 Å². The molecule has 1 aromatic rings. The van der Waals surface area contributed by atoms with Crippen LogP contribution in [0.4, 0.5) is 18.9 Å². The monoisotopic (exact) mass is 272 g/mol. The molecule has 0 radical (unpaired) electrons. The van der Waals surface area contributed by atoms with Gasteiger partial charge in [-0.25, -0.2) is 13.2 Å². The number of amides is 1. The Hall–Kier alpha value is -2.07. The highest BCUT2D eigenvalue weighted by Crippen LogP contribution is 2.19. The number of nitriles is 1. The number of halogens is 3. The Morgan fingerprint density at radius 1 is 1.42 bits per heavy atom. The van der Waals surface area contributed by atoms with Crippen LogP contribution in [-0.2, 0) is 4.79 Å². The van der Waals surface area contributed by atoms with E-state index in [1.54, 1.807) is 14.0 Å². The molecule has 0 saturated heterocycles. The summed E-state index contributed by atoms with van der Waals surface area (Å²) in [5.41, 5.74) is -0.429. The number of carbonyl (C=O) groups excluding carboxylic acids is 1.